The molecular weight excluding hydrogens is 337 g/mol. The topological polar surface area (TPSA) is 77.2 Å². The van der Waals surface area contributed by atoms with E-state index >= 15 is 0 Å². The fourth-order valence-corrected chi connectivity index (χ4v) is 2.46. The highest BCUT2D eigenvalue weighted by Gasteiger charge is 2.14. The number of methoxy groups -OCH3 is 1. The third-order valence-corrected chi connectivity index (χ3v) is 3.78. The van der Waals surface area contributed by atoms with Crippen LogP contribution in [0.25, 0.3) is 11.4 Å². The zero-order chi connectivity index (χ0) is 18.5. The van der Waals surface area contributed by atoms with E-state index < -0.39 is 5.82 Å². The first-order chi connectivity index (χ1) is 12.6. The maximum atomic E-state index is 13.7. The molecule has 1 aromatic heterocycles. The number of ether oxygens (including phenoxy) is 1. The molecule has 0 aliphatic carbocycles. The minimum absolute atomic E-state index is 0.149. The van der Waals surface area contributed by atoms with Gasteiger partial charge in [-0.05, 0) is 36.8 Å². The summed E-state index contributed by atoms with van der Waals surface area (Å²) in [7, 11) is 1.54. The van der Waals surface area contributed by atoms with Gasteiger partial charge in [-0.2, -0.15) is 4.98 Å². The Morgan fingerprint density at radius 3 is 2.85 bits per heavy atom. The molecule has 6 nitrogen and oxygen atoms in total. The average molecular weight is 355 g/mol. The first-order valence-corrected chi connectivity index (χ1v) is 8.09. The molecule has 26 heavy (non-hydrogen) atoms. The van der Waals surface area contributed by atoms with Gasteiger partial charge in [-0.25, -0.2) is 4.39 Å². The van der Waals surface area contributed by atoms with Crippen LogP contribution in [0.4, 0.5) is 10.1 Å². The molecule has 0 aliphatic rings. The van der Waals surface area contributed by atoms with Crippen LogP contribution in [-0.4, -0.2) is 23.2 Å². The first kappa shape index (κ1) is 17.6. The number of carbonyl (C=O) groups excluding carboxylic acids is 1. The molecule has 0 bridgehead atoms. The van der Waals surface area contributed by atoms with Gasteiger partial charge in [0, 0.05) is 12.8 Å². The molecule has 0 spiro atoms. The number of anilines is 1. The van der Waals surface area contributed by atoms with E-state index in [4.69, 9.17) is 9.26 Å². The fourth-order valence-electron chi connectivity index (χ4n) is 2.46. The summed E-state index contributed by atoms with van der Waals surface area (Å²) < 4.78 is 24.1. The number of halogens is 1. The lowest BCUT2D eigenvalue weighted by Gasteiger charge is -2.10. The third-order valence-electron chi connectivity index (χ3n) is 3.78. The second-order valence-electron chi connectivity index (χ2n) is 5.74. The average Bonchev–Trinajstić information content (AvgIpc) is 3.09. The van der Waals surface area contributed by atoms with Crippen molar-refractivity contribution in [3.63, 3.8) is 0 Å². The van der Waals surface area contributed by atoms with Crippen molar-refractivity contribution in [2.24, 2.45) is 0 Å². The number of hydrogen-bond acceptors (Lipinski definition) is 5. The van der Waals surface area contributed by atoms with Crippen LogP contribution >= 0.6 is 0 Å². The molecule has 1 N–H and O–H groups in total. The van der Waals surface area contributed by atoms with Gasteiger partial charge in [0.05, 0.1) is 18.4 Å². The van der Waals surface area contributed by atoms with Gasteiger partial charge in [0.2, 0.25) is 17.6 Å². The largest absolute Gasteiger partial charge is 0.495 e. The van der Waals surface area contributed by atoms with Gasteiger partial charge in [0.25, 0.3) is 0 Å². The van der Waals surface area contributed by atoms with E-state index in [2.05, 4.69) is 15.5 Å². The molecule has 1 heterocycles. The maximum absolute atomic E-state index is 13.7. The fraction of sp³-hybridized carbons (Fsp3) is 0.211. The Balaban J connectivity index is 1.62. The maximum Gasteiger partial charge on any atom is 0.227 e. The van der Waals surface area contributed by atoms with Gasteiger partial charge in [0.1, 0.15) is 11.6 Å². The molecule has 0 aliphatic heterocycles. The van der Waals surface area contributed by atoms with Crippen molar-refractivity contribution >= 4 is 11.6 Å². The van der Waals surface area contributed by atoms with Gasteiger partial charge in [0.15, 0.2) is 0 Å². The van der Waals surface area contributed by atoms with Gasteiger partial charge < -0.3 is 14.6 Å². The predicted molar refractivity (Wildman–Crippen MR) is 94.4 cm³/mol. The summed E-state index contributed by atoms with van der Waals surface area (Å²) in [6.07, 6.45) is 0.400. The Kier molecular flexibility index (Phi) is 5.26. The molecule has 2 aromatic carbocycles. The van der Waals surface area contributed by atoms with Crippen LogP contribution in [0.15, 0.2) is 47.0 Å². The molecule has 0 atom stereocenters. The quantitative estimate of drug-likeness (QED) is 0.728. The van der Waals surface area contributed by atoms with Crippen molar-refractivity contribution in [3.8, 4) is 17.1 Å². The molecule has 0 saturated heterocycles. The smallest absolute Gasteiger partial charge is 0.227 e. The summed E-state index contributed by atoms with van der Waals surface area (Å²) in [5.74, 6) is 0.390. The van der Waals surface area contributed by atoms with Gasteiger partial charge in [-0.15, -0.1) is 0 Å². The van der Waals surface area contributed by atoms with Crippen LogP contribution < -0.4 is 10.1 Å². The molecule has 0 fully saturated rings. The highest BCUT2D eigenvalue weighted by atomic mass is 19.1. The predicted octanol–water partition coefficient (Wildman–Crippen LogP) is 3.76. The summed E-state index contributed by atoms with van der Waals surface area (Å²) in [5.41, 5.74) is 1.87. The summed E-state index contributed by atoms with van der Waals surface area (Å²) in [4.78, 5) is 16.3. The van der Waals surface area contributed by atoms with Gasteiger partial charge in [-0.1, -0.05) is 23.4 Å². The SMILES string of the molecule is COc1ccc(C)cc1NC(=O)CCc1nc(-c2ccccc2F)no1. The van der Waals surface area contributed by atoms with Gasteiger partial charge in [-0.3, -0.25) is 4.79 Å². The number of carbonyl (C=O) groups is 1. The van der Waals surface area contributed by atoms with Crippen molar-refractivity contribution in [2.75, 3.05) is 12.4 Å². The Bertz CT molecular complexity index is 924. The number of nitrogens with zero attached hydrogens (tertiary/aromatic N) is 2. The third kappa shape index (κ3) is 4.05. The monoisotopic (exact) mass is 355 g/mol. The zero-order valence-electron chi connectivity index (χ0n) is 14.5. The summed E-state index contributed by atoms with van der Waals surface area (Å²) in [6, 6.07) is 11.7. The summed E-state index contributed by atoms with van der Waals surface area (Å²) in [5, 5.41) is 6.58. The van der Waals surface area contributed by atoms with E-state index in [9.17, 15) is 9.18 Å². The standard InChI is InChI=1S/C19H18FN3O3/c1-12-7-8-16(25-2)15(11-12)21-17(24)9-10-18-22-19(23-26-18)13-5-3-4-6-14(13)20/h3-8,11H,9-10H2,1-2H3,(H,21,24). The van der Waals surface area contributed by atoms with Crippen LogP contribution in [0.3, 0.4) is 0 Å². The lowest BCUT2D eigenvalue weighted by atomic mass is 10.2. The van der Waals surface area contributed by atoms with Gasteiger partial charge >= 0.3 is 0 Å². The Labute approximate surface area is 150 Å². The van der Waals surface area contributed by atoms with Crippen LogP contribution in [0.5, 0.6) is 5.75 Å². The van der Waals surface area contributed by atoms with Crippen molar-refractivity contribution in [2.45, 2.75) is 19.8 Å². The molecular formula is C19H18FN3O3. The molecule has 0 saturated carbocycles. The van der Waals surface area contributed by atoms with Crippen molar-refractivity contribution in [1.82, 2.24) is 10.1 Å². The van der Waals surface area contributed by atoms with Crippen LogP contribution in [0.1, 0.15) is 17.9 Å². The van der Waals surface area contributed by atoms with E-state index in [1.54, 1.807) is 31.4 Å². The normalized spacial score (nSPS) is 10.6. The van der Waals surface area contributed by atoms with E-state index in [-0.39, 0.29) is 36.0 Å². The van der Waals surface area contributed by atoms with Crippen LogP contribution in [0.2, 0.25) is 0 Å². The molecule has 1 amide bonds. The molecule has 3 aromatic rings. The molecule has 0 radical (unpaired) electrons. The molecule has 7 heteroatoms. The van der Waals surface area contributed by atoms with Crippen molar-refractivity contribution in [3.05, 3.63) is 59.7 Å². The van der Waals surface area contributed by atoms with E-state index in [0.717, 1.165) is 5.56 Å². The Morgan fingerprint density at radius 1 is 1.27 bits per heavy atom. The number of nitrogens with one attached hydrogen (secondary N) is 1. The zero-order valence-corrected chi connectivity index (χ0v) is 14.5. The second-order valence-corrected chi connectivity index (χ2v) is 5.74. The van der Waals surface area contributed by atoms with Crippen LogP contribution in [0, 0.1) is 12.7 Å². The van der Waals surface area contributed by atoms with E-state index in [1.165, 1.54) is 6.07 Å². The highest BCUT2D eigenvalue weighted by molar-refractivity contribution is 5.92. The van der Waals surface area contributed by atoms with Crippen molar-refractivity contribution < 1.29 is 18.4 Å². The van der Waals surface area contributed by atoms with Crippen molar-refractivity contribution in [1.29, 1.82) is 0 Å². The lowest BCUT2D eigenvalue weighted by molar-refractivity contribution is -0.116. The molecule has 0 unspecified atom stereocenters. The minimum Gasteiger partial charge on any atom is -0.495 e. The van der Waals surface area contributed by atoms with E-state index in [1.807, 2.05) is 19.1 Å². The number of aryl methyl sites for hydroxylation is 2. The Morgan fingerprint density at radius 2 is 2.08 bits per heavy atom. The number of amides is 1. The number of rotatable bonds is 6. The first-order valence-electron chi connectivity index (χ1n) is 8.09. The number of hydrogen-bond donors (Lipinski definition) is 1. The lowest BCUT2D eigenvalue weighted by Crippen LogP contribution is -2.13. The van der Waals surface area contributed by atoms with E-state index in [0.29, 0.717) is 11.4 Å². The number of benzene rings is 2. The molecule has 3 rings (SSSR count). The summed E-state index contributed by atoms with van der Waals surface area (Å²) in [6.45, 7) is 1.93. The van der Waals surface area contributed by atoms with Crippen LogP contribution in [-0.2, 0) is 11.2 Å². The highest BCUT2D eigenvalue weighted by Crippen LogP contribution is 2.25. The number of aromatic nitrogens is 2. The minimum atomic E-state index is -0.427. The summed E-state index contributed by atoms with van der Waals surface area (Å²) >= 11 is 0. The Hall–Kier alpha value is -3.22. The second kappa shape index (κ2) is 7.77. The molecule has 134 valence electrons.